The molecule has 0 aliphatic carbocycles. The predicted octanol–water partition coefficient (Wildman–Crippen LogP) is 2.82. The third-order valence-electron chi connectivity index (χ3n) is 3.16. The third-order valence-corrected chi connectivity index (χ3v) is 4.02. The molecule has 0 atom stereocenters. The van der Waals surface area contributed by atoms with Crippen LogP contribution in [0.5, 0.6) is 5.75 Å². The second-order valence-electron chi connectivity index (χ2n) is 4.77. The molecule has 0 bridgehead atoms. The lowest BCUT2D eigenvalue weighted by atomic mass is 10.2. The Hall–Kier alpha value is -3.37. The van der Waals surface area contributed by atoms with Gasteiger partial charge in [0.2, 0.25) is 4.80 Å². The molecule has 7 heteroatoms. The number of para-hydroxylation sites is 2. The first-order chi connectivity index (χ1) is 11.7. The summed E-state index contributed by atoms with van der Waals surface area (Å²) in [6, 6.07) is 18.2. The Kier molecular flexibility index (Phi) is 4.40. The van der Waals surface area contributed by atoms with Crippen molar-refractivity contribution >= 4 is 28.2 Å². The highest BCUT2D eigenvalue weighted by Gasteiger charge is 2.10. The summed E-state index contributed by atoms with van der Waals surface area (Å²) < 4.78 is 1.37. The van der Waals surface area contributed by atoms with E-state index in [-0.39, 0.29) is 11.4 Å². The van der Waals surface area contributed by atoms with Gasteiger partial charge in [-0.15, -0.1) is 0 Å². The minimum absolute atomic E-state index is 0.102. The summed E-state index contributed by atoms with van der Waals surface area (Å²) in [7, 11) is 0. The fourth-order valence-corrected chi connectivity index (χ4v) is 2.80. The van der Waals surface area contributed by atoms with Crippen LogP contribution in [0.15, 0.2) is 64.7 Å². The lowest BCUT2D eigenvalue weighted by Gasteiger charge is -1.99. The van der Waals surface area contributed by atoms with E-state index in [2.05, 4.69) is 10.1 Å². The minimum atomic E-state index is 0.102. The van der Waals surface area contributed by atoms with E-state index in [1.807, 2.05) is 36.4 Å². The number of hydrogen-bond acceptors (Lipinski definition) is 6. The summed E-state index contributed by atoms with van der Waals surface area (Å²) in [6.45, 7) is 0. The lowest BCUT2D eigenvalue weighted by molar-refractivity contribution is 0.474. The summed E-state index contributed by atoms with van der Waals surface area (Å²) in [4.78, 5) is 4.95. The van der Waals surface area contributed by atoms with Gasteiger partial charge >= 0.3 is 0 Å². The molecule has 24 heavy (non-hydrogen) atoms. The Balaban J connectivity index is 2.12. The molecule has 3 rings (SSSR count). The molecule has 0 amide bonds. The van der Waals surface area contributed by atoms with Gasteiger partial charge in [0.15, 0.2) is 5.69 Å². The molecule has 0 saturated carbocycles. The van der Waals surface area contributed by atoms with Gasteiger partial charge in [-0.3, -0.25) is 0 Å². The van der Waals surface area contributed by atoms with E-state index in [0.29, 0.717) is 15.4 Å². The molecule has 118 valence electrons. The van der Waals surface area contributed by atoms with E-state index in [9.17, 15) is 10.4 Å². The van der Waals surface area contributed by atoms with Gasteiger partial charge in [-0.1, -0.05) is 41.7 Å². The quantitative estimate of drug-likeness (QED) is 0.720. The number of nitrogens with zero attached hydrogens (tertiary/aromatic N) is 4. The monoisotopic (exact) mass is 335 g/mol. The number of phenolic OH excluding ortho intramolecular Hbond substituents is 1. The van der Waals surface area contributed by atoms with Gasteiger partial charge in [0, 0.05) is 5.56 Å². The molecule has 0 fully saturated rings. The fraction of sp³-hybridized carbons (Fsp3) is 0. The maximum absolute atomic E-state index is 9.81. The van der Waals surface area contributed by atoms with Crippen molar-refractivity contribution in [2.75, 3.05) is 5.73 Å². The molecule has 0 saturated heterocycles. The van der Waals surface area contributed by atoms with Crippen molar-refractivity contribution in [3.63, 3.8) is 0 Å². The molecule has 1 heterocycles. The normalized spacial score (nSPS) is 11.7. The Morgan fingerprint density at radius 2 is 1.83 bits per heavy atom. The molecule has 0 aliphatic heterocycles. The number of hydrogen-bond donors (Lipinski definition) is 2. The van der Waals surface area contributed by atoms with Crippen molar-refractivity contribution in [1.29, 1.82) is 5.26 Å². The molecule has 0 aliphatic rings. The number of nitrogen functional groups attached to an aromatic ring is 1. The highest BCUT2D eigenvalue weighted by atomic mass is 32.1. The van der Waals surface area contributed by atoms with E-state index >= 15 is 0 Å². The molecule has 2 aromatic carbocycles. The van der Waals surface area contributed by atoms with Crippen LogP contribution in [0.3, 0.4) is 0 Å². The first kappa shape index (κ1) is 15.5. The van der Waals surface area contributed by atoms with Crippen molar-refractivity contribution in [3.8, 4) is 11.8 Å². The standard InChI is InChI=1S/C17H13N5OS/c18-10-14-16(19)24-17(21-13-7-2-1-3-8-13)22(14)20-11-12-6-4-5-9-15(12)23/h1-9,11,23H,19H2/b20-11+,21-17?. The van der Waals surface area contributed by atoms with Gasteiger partial charge < -0.3 is 10.8 Å². The molecule has 0 radical (unpaired) electrons. The van der Waals surface area contributed by atoms with Crippen molar-refractivity contribution in [2.45, 2.75) is 0 Å². The maximum atomic E-state index is 9.81. The molecule has 3 aromatic rings. The zero-order valence-electron chi connectivity index (χ0n) is 12.5. The predicted molar refractivity (Wildman–Crippen MR) is 94.2 cm³/mol. The summed E-state index contributed by atoms with van der Waals surface area (Å²) in [6.07, 6.45) is 1.46. The number of anilines is 1. The summed E-state index contributed by atoms with van der Waals surface area (Å²) in [5.41, 5.74) is 7.37. The lowest BCUT2D eigenvalue weighted by Crippen LogP contribution is -2.12. The number of rotatable bonds is 3. The molecule has 6 nitrogen and oxygen atoms in total. The second-order valence-corrected chi connectivity index (χ2v) is 5.78. The molecule has 1 aromatic heterocycles. The number of thiazole rings is 1. The molecule has 0 spiro atoms. The zero-order chi connectivity index (χ0) is 16.9. The molecular formula is C17H13N5OS. The fourth-order valence-electron chi connectivity index (χ4n) is 2.00. The van der Waals surface area contributed by atoms with Crippen LogP contribution in [0.1, 0.15) is 11.3 Å². The molecule has 3 N–H and O–H groups in total. The first-order valence-corrected chi connectivity index (χ1v) is 7.84. The van der Waals surface area contributed by atoms with Crippen molar-refractivity contribution in [3.05, 3.63) is 70.7 Å². The van der Waals surface area contributed by atoms with E-state index < -0.39 is 0 Å². The topological polar surface area (TPSA) is 99.7 Å². The van der Waals surface area contributed by atoms with Crippen LogP contribution in [-0.2, 0) is 0 Å². The van der Waals surface area contributed by atoms with E-state index in [0.717, 1.165) is 5.69 Å². The second kappa shape index (κ2) is 6.81. The van der Waals surface area contributed by atoms with E-state index in [1.165, 1.54) is 22.2 Å². The van der Waals surface area contributed by atoms with Crippen LogP contribution < -0.4 is 10.5 Å². The average molecular weight is 335 g/mol. The van der Waals surface area contributed by atoms with Gasteiger partial charge in [0.1, 0.15) is 16.8 Å². The van der Waals surface area contributed by atoms with Crippen LogP contribution in [-0.4, -0.2) is 16.0 Å². The number of benzene rings is 2. The van der Waals surface area contributed by atoms with Crippen LogP contribution >= 0.6 is 11.3 Å². The third kappa shape index (κ3) is 3.19. The smallest absolute Gasteiger partial charge is 0.214 e. The van der Waals surface area contributed by atoms with Gasteiger partial charge in [0.05, 0.1) is 11.9 Å². The Morgan fingerprint density at radius 1 is 1.12 bits per heavy atom. The Labute approximate surface area is 142 Å². The maximum Gasteiger partial charge on any atom is 0.214 e. The minimum Gasteiger partial charge on any atom is -0.507 e. The first-order valence-electron chi connectivity index (χ1n) is 7.02. The van der Waals surface area contributed by atoms with Crippen LogP contribution in [0.25, 0.3) is 0 Å². The molecule has 0 unspecified atom stereocenters. The largest absolute Gasteiger partial charge is 0.507 e. The number of aromatic hydroxyl groups is 1. The van der Waals surface area contributed by atoms with Gasteiger partial charge in [0.25, 0.3) is 0 Å². The molecular weight excluding hydrogens is 322 g/mol. The highest BCUT2D eigenvalue weighted by Crippen LogP contribution is 2.17. The summed E-state index contributed by atoms with van der Waals surface area (Å²) in [5, 5.41) is 23.7. The van der Waals surface area contributed by atoms with Gasteiger partial charge in [-0.05, 0) is 24.3 Å². The van der Waals surface area contributed by atoms with Crippen molar-refractivity contribution < 1.29 is 5.11 Å². The van der Waals surface area contributed by atoms with E-state index in [4.69, 9.17) is 5.73 Å². The van der Waals surface area contributed by atoms with Gasteiger partial charge in [-0.2, -0.15) is 15.0 Å². The Bertz CT molecular complexity index is 996. The van der Waals surface area contributed by atoms with Crippen molar-refractivity contribution in [2.24, 2.45) is 10.1 Å². The average Bonchev–Trinajstić information content (AvgIpc) is 2.89. The number of phenols is 1. The highest BCUT2D eigenvalue weighted by molar-refractivity contribution is 7.13. The summed E-state index contributed by atoms with van der Waals surface area (Å²) >= 11 is 1.18. The van der Waals surface area contributed by atoms with Gasteiger partial charge in [-0.25, -0.2) is 4.99 Å². The Morgan fingerprint density at radius 3 is 2.54 bits per heavy atom. The van der Waals surface area contributed by atoms with Crippen LogP contribution in [0.4, 0.5) is 10.7 Å². The van der Waals surface area contributed by atoms with E-state index in [1.54, 1.807) is 24.3 Å². The summed E-state index contributed by atoms with van der Waals surface area (Å²) in [5.74, 6) is 0.102. The SMILES string of the molecule is N#Cc1c(N)sc(=Nc2ccccc2)n1/N=C/c1ccccc1O. The van der Waals surface area contributed by atoms with Crippen molar-refractivity contribution in [1.82, 2.24) is 4.68 Å². The van der Waals surface area contributed by atoms with Crippen LogP contribution in [0.2, 0.25) is 0 Å². The number of nitrogens with two attached hydrogens (primary N) is 1. The number of aromatic nitrogens is 1. The zero-order valence-corrected chi connectivity index (χ0v) is 13.3. The number of nitriles is 1. The van der Waals surface area contributed by atoms with Crippen LogP contribution in [0, 0.1) is 11.3 Å².